The third-order valence-electron chi connectivity index (χ3n) is 15.4. The predicted octanol–water partition coefficient (Wildman–Crippen LogP) is -14.1. The van der Waals surface area contributed by atoms with Crippen molar-refractivity contribution in [2.24, 2.45) is 0 Å². The van der Waals surface area contributed by atoms with E-state index < -0.39 is 255 Å². The molecule has 0 saturated carbocycles. The molecule has 0 aliphatic carbocycles. The Kier molecular flexibility index (Phi) is 22.7. The molecule has 470 valence electrons. The smallest absolute Gasteiger partial charge is 0.187 e. The van der Waals surface area contributed by atoms with Crippen LogP contribution < -0.4 is 0 Å². The Morgan fingerprint density at radius 3 is 0.580 bits per heavy atom. The maximum Gasteiger partial charge on any atom is 0.187 e. The van der Waals surface area contributed by atoms with Gasteiger partial charge in [0.1, 0.15) is 175 Å². The number of nitrogens with zero attached hydrogens (tertiary/aromatic N) is 1. The fourth-order valence-corrected chi connectivity index (χ4v) is 10.9. The maximum atomic E-state index is 11.7. The average Bonchev–Trinajstić information content (AvgIpc) is 3.65. The summed E-state index contributed by atoms with van der Waals surface area (Å²) in [5.74, 6) is 0. The fourth-order valence-electron chi connectivity index (χ4n) is 10.8. The van der Waals surface area contributed by atoms with Gasteiger partial charge in [-0.1, -0.05) is 12.2 Å². The quantitative estimate of drug-likeness (QED) is 0.0793. The molecular formula is C44H73NO34S2. The van der Waals surface area contributed by atoms with Crippen LogP contribution in [0, 0.1) is 0 Å². The summed E-state index contributed by atoms with van der Waals surface area (Å²) in [6.07, 6.45) is -69.7. The number of likely N-dealkylation sites (N-methyl/N-ethyl adjacent to an activating group) is 1. The number of hydrogen-bond donors (Lipinski definition) is 21. The molecule has 21 saturated heterocycles. The van der Waals surface area contributed by atoms with Crippen molar-refractivity contribution >= 4 is 29.2 Å². The minimum absolute atomic E-state index is 0.0509. The van der Waals surface area contributed by atoms with E-state index in [0.717, 1.165) is 0 Å². The minimum atomic E-state index is -2.21. The van der Waals surface area contributed by atoms with Gasteiger partial charge in [0.05, 0.1) is 39.6 Å². The molecule has 0 radical (unpaired) electrons. The number of aliphatic hydroxyl groups excluding tert-OH is 20. The van der Waals surface area contributed by atoms with Gasteiger partial charge in [-0.05, 0) is 0 Å². The number of ether oxygens (including phenoxy) is 14. The molecular weight excluding hydrogens is 1150 g/mol. The zero-order valence-corrected chi connectivity index (χ0v) is 44.3. The number of thiocarbonyl (C=S) groups is 1. The molecule has 0 unspecified atom stereocenters. The second-order valence-electron chi connectivity index (χ2n) is 20.6. The van der Waals surface area contributed by atoms with Crippen LogP contribution in [0.25, 0.3) is 0 Å². The largest absolute Gasteiger partial charge is 0.394 e. The first-order chi connectivity index (χ1) is 38.4. The van der Waals surface area contributed by atoms with Crippen molar-refractivity contribution in [1.82, 2.24) is 4.90 Å². The fraction of sp³-hybridized carbons (Fsp3) is 0.977. The molecule has 20 N–H and O–H groups in total. The monoisotopic (exact) mass is 1220 g/mol. The van der Waals surface area contributed by atoms with Crippen LogP contribution in [0.4, 0.5) is 0 Å². The minimum Gasteiger partial charge on any atom is -0.394 e. The topological polar surface area (TPSA) is 537 Å². The summed E-state index contributed by atoms with van der Waals surface area (Å²) in [5, 5.41) is 222. The Hall–Kier alpha value is -1.12. The first-order valence-electron chi connectivity index (χ1n) is 25.7. The van der Waals surface area contributed by atoms with Gasteiger partial charge in [0, 0.05) is 13.6 Å². The lowest BCUT2D eigenvalue weighted by atomic mass is 9.95. The molecule has 35 atom stereocenters. The third-order valence-corrected chi connectivity index (χ3v) is 16.0. The summed E-state index contributed by atoms with van der Waals surface area (Å²) in [7, 11) is 1.42. The lowest BCUT2D eigenvalue weighted by Crippen LogP contribution is -2.68. The van der Waals surface area contributed by atoms with Gasteiger partial charge >= 0.3 is 0 Å². The molecule has 35 nitrogen and oxygen atoms in total. The molecule has 21 rings (SSSR count). The van der Waals surface area contributed by atoms with Gasteiger partial charge in [-0.3, -0.25) is 0 Å². The van der Waals surface area contributed by atoms with Gasteiger partial charge in [-0.15, -0.1) is 12.6 Å². The number of aliphatic hydroxyl groups is 20. The highest BCUT2D eigenvalue weighted by Gasteiger charge is 2.59. The second-order valence-corrected chi connectivity index (χ2v) is 21.7. The van der Waals surface area contributed by atoms with E-state index in [-0.39, 0.29) is 10.9 Å². The Bertz CT molecular complexity index is 1990. The molecule has 21 heterocycles. The van der Waals surface area contributed by atoms with Crippen molar-refractivity contribution in [3.05, 3.63) is 0 Å². The van der Waals surface area contributed by atoms with Crippen LogP contribution in [0.15, 0.2) is 0 Å². The zero-order chi connectivity index (χ0) is 59.2. The third kappa shape index (κ3) is 13.3. The van der Waals surface area contributed by atoms with E-state index in [0.29, 0.717) is 0 Å². The highest BCUT2D eigenvalue weighted by molar-refractivity contribution is 8.10. The van der Waals surface area contributed by atoms with E-state index in [4.69, 9.17) is 78.5 Å². The number of hydrogen-bond acceptors (Lipinski definition) is 35. The summed E-state index contributed by atoms with van der Waals surface area (Å²) >= 11 is 9.31. The highest BCUT2D eigenvalue weighted by atomic mass is 32.1. The molecule has 0 spiro atoms. The standard InChI is InChI=1S/C44H73NO34S2/c1-45(44(80)81)2-9-30-16(52)23(59)37(66-9)74-31-10(3-46)68-39(25(61)18(31)54)76-33-12(5-48)70-41(27(63)20(33)56)78-35-14(7-50)72-43(29(65)22(35)58)79-36-15(8-51)71-42(28(64)21(36)57)77-34-13(6-49)69-40(26(62)19(34)55)75-32-11(4-47)67-38(73-30)24(60)17(32)53/h9-43,46-65H,2-8H2,1H3,(H,80,81)/t9-,10-,11-,12-,13-,14-,15-,16-,17-,18-,19-,20-,21-,22-,23-,24-,25-,26-,27-,28-,29-,30-,31-,32-,33-,34-,35-,36-,37-,38-,39-,40-,41-,42-,43-/m1/s1. The average molecular weight is 1220 g/mol. The molecule has 81 heavy (non-hydrogen) atoms. The van der Waals surface area contributed by atoms with Crippen molar-refractivity contribution in [2.45, 2.75) is 215 Å². The summed E-state index contributed by atoms with van der Waals surface area (Å²) in [4.78, 5) is 1.29. The molecule has 21 aliphatic rings. The van der Waals surface area contributed by atoms with Crippen LogP contribution in [0.1, 0.15) is 0 Å². The molecule has 21 fully saturated rings. The van der Waals surface area contributed by atoms with E-state index in [9.17, 15) is 102 Å². The first kappa shape index (κ1) is 65.8. The maximum absolute atomic E-state index is 11.7. The summed E-state index contributed by atoms with van der Waals surface area (Å²) in [5.41, 5.74) is 0. The van der Waals surface area contributed by atoms with Gasteiger partial charge in [-0.2, -0.15) is 0 Å². The van der Waals surface area contributed by atoms with Crippen molar-refractivity contribution in [2.75, 3.05) is 53.2 Å². The molecule has 0 amide bonds. The van der Waals surface area contributed by atoms with Crippen molar-refractivity contribution in [1.29, 1.82) is 0 Å². The molecule has 0 aromatic heterocycles. The first-order valence-corrected chi connectivity index (χ1v) is 26.6. The Labute approximate surface area is 469 Å². The SMILES string of the molecule is CN(C[C@H]1O[C@@H]2O[C@H]3[C@H](O)[C@@H](O)[C@@H](O[C@H]4[C@H](O)[C@@H](O)[C@@H](O[C@H]5[C@H](O)[C@@H](O)[C@@H](O[C@H]6[C@H](O)[C@@H](O)[C@@H](O[C@H]7[C@H](O)[C@@H](O)[C@@H](O[C@H]8[C@H](O)[C@@H](O)[C@@H](O[C@H]1[C@H](O)[C@H]2O)O[C@@H]8CO)O[C@@H]7CO)O[C@@H]6CO)O[C@@H]5CO)O[C@@H]4CO)O[C@@H]3CO)C(=S)S. The van der Waals surface area contributed by atoms with Crippen LogP contribution in [-0.2, 0) is 66.3 Å². The lowest BCUT2D eigenvalue weighted by Gasteiger charge is -2.50. The van der Waals surface area contributed by atoms with E-state index in [1.54, 1.807) is 0 Å². The Morgan fingerprint density at radius 2 is 0.432 bits per heavy atom. The Morgan fingerprint density at radius 1 is 0.284 bits per heavy atom. The van der Waals surface area contributed by atoms with Gasteiger partial charge in [0.2, 0.25) is 0 Å². The van der Waals surface area contributed by atoms with Crippen LogP contribution in [0.2, 0.25) is 0 Å². The Balaban J connectivity index is 1.10. The summed E-state index contributed by atoms with van der Waals surface area (Å²) in [6, 6.07) is 0. The lowest BCUT2D eigenvalue weighted by molar-refractivity contribution is -0.396. The van der Waals surface area contributed by atoms with E-state index in [2.05, 4.69) is 12.6 Å². The molecule has 37 heteroatoms. The van der Waals surface area contributed by atoms with Gasteiger partial charge in [0.15, 0.2) is 44.0 Å². The van der Waals surface area contributed by atoms with Crippen LogP contribution >= 0.6 is 24.8 Å². The molecule has 21 aliphatic heterocycles. The van der Waals surface area contributed by atoms with Crippen LogP contribution in [-0.4, -0.2) is 380 Å². The predicted molar refractivity (Wildman–Crippen MR) is 256 cm³/mol. The van der Waals surface area contributed by atoms with Crippen molar-refractivity contribution in [3.8, 4) is 0 Å². The molecule has 14 bridgehead atoms. The van der Waals surface area contributed by atoms with E-state index >= 15 is 0 Å². The highest BCUT2D eigenvalue weighted by Crippen LogP contribution is 2.39. The normalized spacial score (nSPS) is 53.1. The summed E-state index contributed by atoms with van der Waals surface area (Å²) < 4.78 is 80.8. The van der Waals surface area contributed by atoms with E-state index in [1.807, 2.05) is 0 Å². The number of thiol groups is 1. The second kappa shape index (κ2) is 27.9. The van der Waals surface area contributed by atoms with Crippen LogP contribution in [0.3, 0.4) is 0 Å². The van der Waals surface area contributed by atoms with E-state index in [1.165, 1.54) is 11.9 Å². The van der Waals surface area contributed by atoms with Crippen molar-refractivity contribution in [3.63, 3.8) is 0 Å². The summed E-state index contributed by atoms with van der Waals surface area (Å²) in [6.45, 7) is -6.62. The van der Waals surface area contributed by atoms with Crippen molar-refractivity contribution < 1.29 is 168 Å². The van der Waals surface area contributed by atoms with Gasteiger partial charge < -0.3 is 173 Å². The number of rotatable bonds is 8. The molecule has 0 aromatic rings. The molecule has 0 aromatic carbocycles. The van der Waals surface area contributed by atoms with Gasteiger partial charge in [-0.25, -0.2) is 0 Å². The van der Waals surface area contributed by atoms with Gasteiger partial charge in [0.25, 0.3) is 0 Å². The zero-order valence-electron chi connectivity index (χ0n) is 42.6. The van der Waals surface area contributed by atoms with Crippen LogP contribution in [0.5, 0.6) is 0 Å².